The van der Waals surface area contributed by atoms with Crippen molar-refractivity contribution >= 4 is 45.7 Å². The molecule has 6 rings (SSSR count). The second-order valence-corrected chi connectivity index (χ2v) is 9.03. The van der Waals surface area contributed by atoms with Crippen LogP contribution < -0.4 is 15.7 Å². The van der Waals surface area contributed by atoms with Crippen molar-refractivity contribution in [2.24, 2.45) is 0 Å². The van der Waals surface area contributed by atoms with Gasteiger partial charge in [0.15, 0.2) is 5.65 Å². The zero-order valence-electron chi connectivity index (χ0n) is 19.2. The largest absolute Gasteiger partial charge is 0.369 e. The van der Waals surface area contributed by atoms with Crippen LogP contribution in [-0.2, 0) is 0 Å². The molecule has 2 aromatic carbocycles. The van der Waals surface area contributed by atoms with Gasteiger partial charge in [-0.2, -0.15) is 4.98 Å². The molecule has 1 aliphatic rings. The third kappa shape index (κ3) is 3.88. The smallest absolute Gasteiger partial charge is 0.229 e. The van der Waals surface area contributed by atoms with Gasteiger partial charge in [0.2, 0.25) is 11.7 Å². The zero-order chi connectivity index (χ0) is 23.9. The molecule has 1 aliphatic heterocycles. The van der Waals surface area contributed by atoms with Crippen LogP contribution in [-0.4, -0.2) is 62.0 Å². The molecule has 0 radical (unpaired) electrons. The number of anilines is 3. The molecular formula is C25H24ClN9. The lowest BCUT2D eigenvalue weighted by Gasteiger charge is -2.34. The minimum atomic E-state index is 0.217. The molecule has 0 bridgehead atoms. The highest BCUT2D eigenvalue weighted by atomic mass is 35.5. The first-order valence-electron chi connectivity index (χ1n) is 11.4. The first-order valence-corrected chi connectivity index (χ1v) is 11.8. The molecular weight excluding hydrogens is 462 g/mol. The number of benzene rings is 2. The van der Waals surface area contributed by atoms with E-state index < -0.39 is 0 Å². The normalized spacial score (nSPS) is 14.6. The van der Waals surface area contributed by atoms with Crippen molar-refractivity contribution in [2.45, 2.75) is 0 Å². The summed E-state index contributed by atoms with van der Waals surface area (Å²) < 4.78 is 3.55. The number of imidazole rings is 1. The number of piperazine rings is 1. The Morgan fingerprint density at radius 3 is 2.51 bits per heavy atom. The molecule has 0 saturated carbocycles. The Bertz CT molecular complexity index is 1580. The van der Waals surface area contributed by atoms with E-state index in [-0.39, 0.29) is 5.49 Å². The predicted molar refractivity (Wildman–Crippen MR) is 138 cm³/mol. The average molecular weight is 486 g/mol. The van der Waals surface area contributed by atoms with Gasteiger partial charge in [0, 0.05) is 56.1 Å². The maximum atomic E-state index is 8.86. The van der Waals surface area contributed by atoms with Gasteiger partial charge in [0.25, 0.3) is 0 Å². The number of nitrogens with one attached hydrogen (secondary N) is 2. The van der Waals surface area contributed by atoms with Gasteiger partial charge in [-0.3, -0.25) is 14.4 Å². The van der Waals surface area contributed by atoms with Crippen molar-refractivity contribution in [1.29, 1.82) is 5.41 Å². The van der Waals surface area contributed by atoms with Crippen LogP contribution in [0.2, 0.25) is 5.02 Å². The Hall–Kier alpha value is -3.95. The molecule has 35 heavy (non-hydrogen) atoms. The number of rotatable bonds is 4. The van der Waals surface area contributed by atoms with E-state index in [4.69, 9.17) is 22.0 Å². The molecule has 0 atom stereocenters. The Morgan fingerprint density at radius 1 is 0.971 bits per heavy atom. The summed E-state index contributed by atoms with van der Waals surface area (Å²) in [4.78, 5) is 18.4. The quantitative estimate of drug-likeness (QED) is 0.403. The Morgan fingerprint density at radius 2 is 1.74 bits per heavy atom. The number of hydrogen-bond donors (Lipinski definition) is 2. The van der Waals surface area contributed by atoms with E-state index in [1.54, 1.807) is 23.0 Å². The van der Waals surface area contributed by atoms with E-state index in [2.05, 4.69) is 44.3 Å². The average Bonchev–Trinajstić information content (AvgIpc) is 3.36. The first-order chi connectivity index (χ1) is 17.1. The second kappa shape index (κ2) is 8.68. The standard InChI is InChI=1S/C25H24ClN9/c1-32-12-14-33(15-13-32)18-8-6-17(7-9-18)30-24-29-16-19-22(27)35(21-5-3-2-4-20(21)26)25-28-10-11-34(25)23(19)31-24/h2-11,16,27H,12-15H2,1H3,(H,29,30,31). The topological polar surface area (TPSA) is 90.4 Å². The fourth-order valence-corrected chi connectivity index (χ4v) is 4.66. The van der Waals surface area contributed by atoms with Crippen LogP contribution in [0.15, 0.2) is 67.1 Å². The fourth-order valence-electron chi connectivity index (χ4n) is 4.44. The molecule has 5 aromatic rings. The summed E-state index contributed by atoms with van der Waals surface area (Å²) in [6, 6.07) is 15.7. The van der Waals surface area contributed by atoms with Gasteiger partial charge in [0.1, 0.15) is 5.49 Å². The minimum Gasteiger partial charge on any atom is -0.369 e. The number of aromatic nitrogens is 5. The van der Waals surface area contributed by atoms with Gasteiger partial charge in [-0.15, -0.1) is 0 Å². The van der Waals surface area contributed by atoms with Crippen LogP contribution >= 0.6 is 11.6 Å². The van der Waals surface area contributed by atoms with Crippen molar-refractivity contribution in [3.63, 3.8) is 0 Å². The summed E-state index contributed by atoms with van der Waals surface area (Å²) in [7, 11) is 2.16. The van der Waals surface area contributed by atoms with E-state index >= 15 is 0 Å². The maximum Gasteiger partial charge on any atom is 0.229 e. The molecule has 0 unspecified atom stereocenters. The zero-order valence-corrected chi connectivity index (χ0v) is 19.9. The van der Waals surface area contributed by atoms with Crippen LogP contribution in [0, 0.1) is 5.41 Å². The fraction of sp³-hybridized carbons (Fsp3) is 0.200. The highest BCUT2D eigenvalue weighted by Gasteiger charge is 2.16. The molecule has 0 aliphatic carbocycles. The lowest BCUT2D eigenvalue weighted by Crippen LogP contribution is -2.44. The number of para-hydroxylation sites is 1. The molecule has 0 amide bonds. The highest BCUT2D eigenvalue weighted by Crippen LogP contribution is 2.24. The molecule has 0 spiro atoms. The van der Waals surface area contributed by atoms with Gasteiger partial charge in [-0.05, 0) is 43.4 Å². The maximum absolute atomic E-state index is 8.86. The van der Waals surface area contributed by atoms with Crippen LogP contribution in [0.3, 0.4) is 0 Å². The lowest BCUT2D eigenvalue weighted by atomic mass is 10.2. The Labute approximate surface area is 206 Å². The number of nitrogens with zero attached hydrogens (tertiary/aromatic N) is 7. The molecule has 4 heterocycles. The summed E-state index contributed by atoms with van der Waals surface area (Å²) >= 11 is 6.44. The van der Waals surface area contributed by atoms with Gasteiger partial charge < -0.3 is 15.1 Å². The van der Waals surface area contributed by atoms with E-state index in [1.165, 1.54) is 5.69 Å². The van der Waals surface area contributed by atoms with Crippen LogP contribution in [0.4, 0.5) is 17.3 Å². The first kappa shape index (κ1) is 21.6. The van der Waals surface area contributed by atoms with Crippen LogP contribution in [0.25, 0.3) is 22.5 Å². The van der Waals surface area contributed by atoms with Gasteiger partial charge in [-0.25, -0.2) is 9.97 Å². The minimum absolute atomic E-state index is 0.217. The highest BCUT2D eigenvalue weighted by molar-refractivity contribution is 6.32. The molecule has 1 saturated heterocycles. The van der Waals surface area contributed by atoms with Crippen molar-refractivity contribution in [3.8, 4) is 5.69 Å². The van der Waals surface area contributed by atoms with E-state index in [9.17, 15) is 0 Å². The van der Waals surface area contributed by atoms with Crippen molar-refractivity contribution in [1.82, 2.24) is 28.8 Å². The summed E-state index contributed by atoms with van der Waals surface area (Å²) in [6.45, 7) is 4.20. The third-order valence-corrected chi connectivity index (χ3v) is 6.70. The summed E-state index contributed by atoms with van der Waals surface area (Å²) in [5, 5.41) is 13.3. The van der Waals surface area contributed by atoms with Crippen LogP contribution in [0.5, 0.6) is 0 Å². The molecule has 9 nitrogen and oxygen atoms in total. The Balaban J connectivity index is 1.35. The number of halogens is 1. The number of hydrogen-bond acceptors (Lipinski definition) is 7. The molecule has 1 fully saturated rings. The number of fused-ring (bicyclic) bond motifs is 3. The summed E-state index contributed by atoms with van der Waals surface area (Å²) in [6.07, 6.45) is 5.18. The predicted octanol–water partition coefficient (Wildman–Crippen LogP) is 3.70. The molecule has 3 aromatic heterocycles. The number of likely N-dealkylation sites (N-methyl/N-ethyl adjacent to an activating group) is 1. The van der Waals surface area contributed by atoms with Crippen molar-refractivity contribution in [2.75, 3.05) is 43.4 Å². The summed E-state index contributed by atoms with van der Waals surface area (Å²) in [5.41, 5.74) is 3.61. The second-order valence-electron chi connectivity index (χ2n) is 8.63. The third-order valence-electron chi connectivity index (χ3n) is 6.38. The van der Waals surface area contributed by atoms with Gasteiger partial charge in [0.05, 0.1) is 16.1 Å². The molecule has 2 N–H and O–H groups in total. The monoisotopic (exact) mass is 485 g/mol. The SMILES string of the molecule is CN1CCN(c2ccc(Nc3ncc4c(=N)n(-c5ccccc5Cl)c5nccn5c4n3)cc2)CC1. The summed E-state index contributed by atoms with van der Waals surface area (Å²) in [5.74, 6) is 1.01. The van der Waals surface area contributed by atoms with E-state index in [1.807, 2.05) is 40.9 Å². The Kier molecular flexibility index (Phi) is 5.35. The van der Waals surface area contributed by atoms with Gasteiger partial charge in [-0.1, -0.05) is 23.7 Å². The van der Waals surface area contributed by atoms with E-state index in [0.717, 1.165) is 31.9 Å². The van der Waals surface area contributed by atoms with E-state index in [0.29, 0.717) is 33.5 Å². The molecule has 10 heteroatoms. The van der Waals surface area contributed by atoms with Crippen LogP contribution in [0.1, 0.15) is 0 Å². The van der Waals surface area contributed by atoms with Crippen molar-refractivity contribution < 1.29 is 0 Å². The van der Waals surface area contributed by atoms with Gasteiger partial charge >= 0.3 is 0 Å². The van der Waals surface area contributed by atoms with Crippen molar-refractivity contribution in [3.05, 3.63) is 77.6 Å². The molecule has 176 valence electrons. The lowest BCUT2D eigenvalue weighted by molar-refractivity contribution is 0.313.